The van der Waals surface area contributed by atoms with Crippen molar-refractivity contribution in [1.82, 2.24) is 0 Å². The first-order chi connectivity index (χ1) is 26.6. The van der Waals surface area contributed by atoms with Crippen molar-refractivity contribution in [3.63, 3.8) is 0 Å². The van der Waals surface area contributed by atoms with Gasteiger partial charge < -0.3 is 14.0 Å². The van der Waals surface area contributed by atoms with E-state index in [1.54, 1.807) is 0 Å². The van der Waals surface area contributed by atoms with Crippen LogP contribution in [-0.2, 0) is 5.92 Å². The van der Waals surface area contributed by atoms with E-state index < -0.39 is 179 Å². The molecule has 0 aromatic heterocycles. The number of benzene rings is 6. The van der Waals surface area contributed by atoms with Gasteiger partial charge in [-0.2, -0.15) is 17.6 Å². The Hall–Kier alpha value is -6.10. The third-order valence-corrected chi connectivity index (χ3v) is 8.42. The van der Waals surface area contributed by atoms with Gasteiger partial charge >= 0.3 is 13.2 Å². The molecular formula is C33H3BF20O3. The molecule has 0 N–H and O–H groups in total. The molecule has 7 rings (SSSR count). The van der Waals surface area contributed by atoms with E-state index in [0.717, 1.165) is 0 Å². The topological polar surface area (TPSA) is 27.7 Å². The van der Waals surface area contributed by atoms with Gasteiger partial charge in [0.15, 0.2) is 98.8 Å². The van der Waals surface area contributed by atoms with Crippen molar-refractivity contribution >= 4 is 28.9 Å². The molecule has 1 aliphatic carbocycles. The van der Waals surface area contributed by atoms with Crippen LogP contribution in [0.4, 0.5) is 87.8 Å². The van der Waals surface area contributed by atoms with Crippen LogP contribution in [0.1, 0.15) is 11.1 Å². The molecule has 0 radical (unpaired) electrons. The monoisotopic (exact) mass is 838 g/mol. The fourth-order valence-electron chi connectivity index (χ4n) is 5.96. The van der Waals surface area contributed by atoms with E-state index in [9.17, 15) is 57.1 Å². The normalized spacial score (nSPS) is 13.1. The van der Waals surface area contributed by atoms with Crippen molar-refractivity contribution in [2.75, 3.05) is 0 Å². The van der Waals surface area contributed by atoms with Crippen LogP contribution in [0.15, 0.2) is 18.2 Å². The Morgan fingerprint density at radius 3 is 1.40 bits per heavy atom. The minimum absolute atomic E-state index is 0.0980. The summed E-state index contributed by atoms with van der Waals surface area (Å²) >= 11 is 0. The summed E-state index contributed by atoms with van der Waals surface area (Å²) in [5.74, 6) is -61.6. The molecule has 296 valence electrons. The SMILES string of the molecule is Fc1cc2c(OB(Oc3c(F)c(F)c(F)c4c3C(F)(F)c3c(F)c(F)c(F)c(F)c3-4)Oc3c(F)c(F)c(F)c4c(F)c(F)c(F)c(F)c34)ccc(F)c2c(F)c1F. The Balaban J connectivity index is 1.53. The molecule has 0 amide bonds. The van der Waals surface area contributed by atoms with E-state index in [1.807, 2.05) is 0 Å². The molecule has 3 nitrogen and oxygen atoms in total. The average molecular weight is 838 g/mol. The van der Waals surface area contributed by atoms with E-state index in [0.29, 0.717) is 0 Å². The zero-order valence-electron chi connectivity index (χ0n) is 26.1. The predicted octanol–water partition coefficient (Wildman–Crippen LogP) is 11.1. The number of hydrogen-bond acceptors (Lipinski definition) is 3. The highest BCUT2D eigenvalue weighted by Crippen LogP contribution is 2.58. The molecule has 24 heteroatoms. The van der Waals surface area contributed by atoms with Crippen LogP contribution >= 0.6 is 0 Å². The highest BCUT2D eigenvalue weighted by atomic mass is 19.3. The summed E-state index contributed by atoms with van der Waals surface area (Å²) in [5.41, 5.74) is -9.92. The molecule has 0 aliphatic heterocycles. The lowest BCUT2D eigenvalue weighted by atomic mass is 10.0. The maximum atomic E-state index is 15.9. The van der Waals surface area contributed by atoms with Gasteiger partial charge in [-0.1, -0.05) is 0 Å². The van der Waals surface area contributed by atoms with Gasteiger partial charge in [-0.3, -0.25) is 0 Å². The Bertz CT molecular complexity index is 2800. The molecule has 6 aromatic rings. The van der Waals surface area contributed by atoms with Gasteiger partial charge in [0.2, 0.25) is 11.6 Å². The second kappa shape index (κ2) is 13.0. The lowest BCUT2D eigenvalue weighted by Gasteiger charge is -2.23. The van der Waals surface area contributed by atoms with Crippen molar-refractivity contribution in [3.05, 3.63) is 134 Å². The second-order valence-electron chi connectivity index (χ2n) is 11.5. The van der Waals surface area contributed by atoms with E-state index in [4.69, 9.17) is 4.65 Å². The molecule has 0 heterocycles. The molecular weight excluding hydrogens is 835 g/mol. The van der Waals surface area contributed by atoms with Crippen molar-refractivity contribution in [2.24, 2.45) is 0 Å². The maximum absolute atomic E-state index is 15.9. The quantitative estimate of drug-likeness (QED) is 0.0724. The molecule has 0 atom stereocenters. The Kier molecular flexibility index (Phi) is 8.91. The fraction of sp³-hybridized carbons (Fsp3) is 0.0303. The summed E-state index contributed by atoms with van der Waals surface area (Å²) in [4.78, 5) is 0. The zero-order valence-corrected chi connectivity index (χ0v) is 26.1. The molecule has 6 aromatic carbocycles. The van der Waals surface area contributed by atoms with Crippen molar-refractivity contribution in [3.8, 4) is 28.4 Å². The van der Waals surface area contributed by atoms with Crippen molar-refractivity contribution < 1.29 is 102 Å². The van der Waals surface area contributed by atoms with Crippen LogP contribution in [0.3, 0.4) is 0 Å². The summed E-state index contributed by atoms with van der Waals surface area (Å²) < 4.78 is 310. The van der Waals surface area contributed by atoms with Crippen LogP contribution in [0.5, 0.6) is 17.2 Å². The molecule has 1 aliphatic rings. The maximum Gasteiger partial charge on any atom is 0.864 e. The van der Waals surface area contributed by atoms with E-state index >= 15 is 30.7 Å². The first-order valence-corrected chi connectivity index (χ1v) is 14.6. The Labute approximate surface area is 299 Å². The molecule has 0 saturated carbocycles. The Morgan fingerprint density at radius 2 is 0.807 bits per heavy atom. The van der Waals surface area contributed by atoms with Crippen LogP contribution in [-0.4, -0.2) is 7.32 Å². The van der Waals surface area contributed by atoms with E-state index in [1.165, 1.54) is 0 Å². The molecule has 0 saturated heterocycles. The van der Waals surface area contributed by atoms with Crippen molar-refractivity contribution in [2.45, 2.75) is 5.92 Å². The van der Waals surface area contributed by atoms with Crippen molar-refractivity contribution in [1.29, 1.82) is 0 Å². The summed E-state index contributed by atoms with van der Waals surface area (Å²) in [6.07, 6.45) is 0. The molecule has 0 fully saturated rings. The van der Waals surface area contributed by atoms with Gasteiger partial charge in [0.25, 0.3) is 0 Å². The first kappa shape index (κ1) is 39.2. The van der Waals surface area contributed by atoms with Gasteiger partial charge in [-0.15, -0.1) is 0 Å². The highest BCUT2D eigenvalue weighted by molar-refractivity contribution is 6.40. The molecule has 0 bridgehead atoms. The minimum atomic E-state index is -5.57. The van der Waals surface area contributed by atoms with Crippen LogP contribution in [0, 0.1) is 105 Å². The van der Waals surface area contributed by atoms with Gasteiger partial charge in [-0.25, -0.2) is 70.2 Å². The van der Waals surface area contributed by atoms with Crippen LogP contribution in [0.25, 0.3) is 32.7 Å². The van der Waals surface area contributed by atoms with E-state index in [-0.39, 0.29) is 18.2 Å². The lowest BCUT2D eigenvalue weighted by Crippen LogP contribution is -2.39. The van der Waals surface area contributed by atoms with Crippen LogP contribution < -0.4 is 14.0 Å². The van der Waals surface area contributed by atoms with Gasteiger partial charge in [0, 0.05) is 16.5 Å². The zero-order chi connectivity index (χ0) is 42.1. The largest absolute Gasteiger partial charge is 0.864 e. The summed E-state index contributed by atoms with van der Waals surface area (Å²) in [6.45, 7) is 0. The smallest absolute Gasteiger partial charge is 0.489 e. The van der Waals surface area contributed by atoms with Crippen LogP contribution in [0.2, 0.25) is 0 Å². The highest BCUT2D eigenvalue weighted by Gasteiger charge is 2.56. The second-order valence-corrected chi connectivity index (χ2v) is 11.5. The Morgan fingerprint density at radius 1 is 0.368 bits per heavy atom. The predicted molar refractivity (Wildman–Crippen MR) is 150 cm³/mol. The summed E-state index contributed by atoms with van der Waals surface area (Å²) in [7, 11) is -3.79. The average Bonchev–Trinajstić information content (AvgIpc) is 3.41. The minimum Gasteiger partial charge on any atom is -0.489 e. The fourth-order valence-corrected chi connectivity index (χ4v) is 5.96. The van der Waals surface area contributed by atoms with Gasteiger partial charge in [0.05, 0.1) is 27.3 Å². The third-order valence-electron chi connectivity index (χ3n) is 8.42. The molecule has 0 spiro atoms. The number of halogens is 20. The number of rotatable bonds is 6. The number of hydrogen-bond donors (Lipinski definition) is 0. The summed E-state index contributed by atoms with van der Waals surface area (Å²) in [5, 5.41) is -7.53. The molecule has 57 heavy (non-hydrogen) atoms. The van der Waals surface area contributed by atoms with E-state index in [2.05, 4.69) is 9.31 Å². The summed E-state index contributed by atoms with van der Waals surface area (Å²) in [6, 6.07) is 0.264. The van der Waals surface area contributed by atoms with Gasteiger partial charge in [0.1, 0.15) is 11.6 Å². The molecule has 0 unspecified atom stereocenters. The number of alkyl halides is 2. The number of fused-ring (bicyclic) bond motifs is 5. The lowest BCUT2D eigenvalue weighted by molar-refractivity contribution is 0.0401. The first-order valence-electron chi connectivity index (χ1n) is 14.6. The standard InChI is InChI=1S/C33H3BF20O3/c35-5-1-2-7(4-3-6(36)15(37)16(38)8(4)5)55-34(56-31-12-11(20(42)27(49)29(31)51)19(41)24(46)25(47)21(12)43)57-32-14-10(18(40)26(48)30(32)52)9-13(33(14,53)54)22(44)28(50)23(45)17(9)39/h1-3H. The van der Waals surface area contributed by atoms with Gasteiger partial charge in [-0.05, 0) is 18.2 Å². The third kappa shape index (κ3) is 5.31.